The lowest BCUT2D eigenvalue weighted by Gasteiger charge is -2.28. The number of benzene rings is 2. The van der Waals surface area contributed by atoms with Crippen LogP contribution in [0.5, 0.6) is 0 Å². The van der Waals surface area contributed by atoms with Crippen molar-refractivity contribution in [2.45, 2.75) is 59.5 Å². The number of nitrogens with one attached hydrogen (secondary N) is 3. The molecule has 0 aliphatic carbocycles. The van der Waals surface area contributed by atoms with Gasteiger partial charge >= 0.3 is 0 Å². The number of fused-ring (bicyclic) bond motifs is 1. The van der Waals surface area contributed by atoms with Crippen LogP contribution in [0.15, 0.2) is 83.1 Å². The van der Waals surface area contributed by atoms with E-state index in [1.165, 1.54) is 31.4 Å². The molecule has 0 fully saturated rings. The van der Waals surface area contributed by atoms with E-state index in [4.69, 9.17) is 4.99 Å². The minimum Gasteiger partial charge on any atom is -0.383 e. The van der Waals surface area contributed by atoms with Gasteiger partial charge in [-0.15, -0.1) is 0 Å². The first-order chi connectivity index (χ1) is 15.6. The summed E-state index contributed by atoms with van der Waals surface area (Å²) >= 11 is 0. The molecule has 0 aromatic heterocycles. The van der Waals surface area contributed by atoms with Gasteiger partial charge in [-0.2, -0.15) is 0 Å². The molecule has 0 amide bonds. The molecule has 2 aromatic rings. The number of aliphatic imine (C=N–C) groups is 1. The van der Waals surface area contributed by atoms with Crippen molar-refractivity contribution in [3.05, 3.63) is 89.3 Å². The molecule has 0 saturated heterocycles. The molecule has 2 aromatic carbocycles. The Morgan fingerprint density at radius 1 is 1.00 bits per heavy atom. The van der Waals surface area contributed by atoms with E-state index in [-0.39, 0.29) is 6.17 Å². The molecule has 0 bridgehead atoms. The molecule has 4 heteroatoms. The zero-order chi connectivity index (χ0) is 22.8. The average molecular weight is 431 g/mol. The smallest absolute Gasteiger partial charge is 0.147 e. The van der Waals surface area contributed by atoms with E-state index in [2.05, 4.69) is 86.1 Å². The molecular weight excluding hydrogens is 392 g/mol. The van der Waals surface area contributed by atoms with Crippen molar-refractivity contribution in [1.29, 1.82) is 0 Å². The van der Waals surface area contributed by atoms with Crippen LogP contribution in [0.2, 0.25) is 0 Å². The highest BCUT2D eigenvalue weighted by molar-refractivity contribution is 6.05. The van der Waals surface area contributed by atoms with Crippen LogP contribution in [-0.2, 0) is 0 Å². The Balaban J connectivity index is 0.000000427. The van der Waals surface area contributed by atoms with Crippen LogP contribution in [0.25, 0.3) is 0 Å². The van der Waals surface area contributed by atoms with Crippen molar-refractivity contribution in [3.8, 4) is 0 Å². The highest BCUT2D eigenvalue weighted by Gasteiger charge is 2.22. The van der Waals surface area contributed by atoms with Crippen molar-refractivity contribution in [2.75, 3.05) is 11.9 Å². The largest absolute Gasteiger partial charge is 0.383 e. The lowest BCUT2D eigenvalue weighted by molar-refractivity contribution is 0.681. The predicted octanol–water partition coefficient (Wildman–Crippen LogP) is 6.76. The van der Waals surface area contributed by atoms with E-state index in [1.807, 2.05) is 24.3 Å². The van der Waals surface area contributed by atoms with Gasteiger partial charge in [0.15, 0.2) is 0 Å². The zero-order valence-corrected chi connectivity index (χ0v) is 20.0. The summed E-state index contributed by atoms with van der Waals surface area (Å²) in [6.07, 6.45) is 9.85. The highest BCUT2D eigenvalue weighted by Crippen LogP contribution is 2.29. The van der Waals surface area contributed by atoms with Gasteiger partial charge in [0.1, 0.15) is 12.0 Å². The van der Waals surface area contributed by atoms with Crippen LogP contribution in [0.1, 0.15) is 70.7 Å². The molecule has 2 aliphatic rings. The summed E-state index contributed by atoms with van der Waals surface area (Å²) in [6, 6.07) is 18.6. The molecule has 2 aliphatic heterocycles. The topological polar surface area (TPSA) is 48.5 Å². The van der Waals surface area contributed by atoms with E-state index in [0.717, 1.165) is 34.9 Å². The summed E-state index contributed by atoms with van der Waals surface area (Å²) < 4.78 is 0. The molecule has 170 valence electrons. The summed E-state index contributed by atoms with van der Waals surface area (Å²) in [5.41, 5.74) is 5.69. The second-order valence-electron chi connectivity index (χ2n) is 8.45. The molecule has 0 saturated carbocycles. The van der Waals surface area contributed by atoms with Crippen LogP contribution in [0.3, 0.4) is 0 Å². The van der Waals surface area contributed by atoms with Gasteiger partial charge in [-0.25, -0.2) is 4.99 Å². The van der Waals surface area contributed by atoms with Crippen molar-refractivity contribution in [3.63, 3.8) is 0 Å². The number of para-hydroxylation sites is 1. The van der Waals surface area contributed by atoms with E-state index >= 15 is 0 Å². The average Bonchev–Trinajstić information content (AvgIpc) is 2.84. The molecule has 32 heavy (non-hydrogen) atoms. The monoisotopic (exact) mass is 430 g/mol. The molecule has 4 nitrogen and oxygen atoms in total. The van der Waals surface area contributed by atoms with Crippen LogP contribution in [0, 0.1) is 5.92 Å². The number of amidine groups is 1. The standard InChI is InChI=1S/C22H24N4.C6H14/c1-15-9-8-14-23-20(15)16(2)24-22-18-12-6-7-13-19(18)25-21(26-22)17-10-4-3-5-11-17;1-3-5-6-4-2/h3-13,15,21,23,25H,14H2,1-2H3,(H,24,26);3-6H2,1-2H3/b20-16-;. The van der Waals surface area contributed by atoms with Crippen molar-refractivity contribution >= 4 is 11.5 Å². The van der Waals surface area contributed by atoms with Gasteiger partial charge in [0.05, 0.1) is 0 Å². The van der Waals surface area contributed by atoms with Crippen molar-refractivity contribution in [2.24, 2.45) is 10.9 Å². The summed E-state index contributed by atoms with van der Waals surface area (Å²) in [5, 5.41) is 10.6. The maximum absolute atomic E-state index is 4.97. The molecular formula is C28H38N4. The van der Waals surface area contributed by atoms with Gasteiger partial charge in [0, 0.05) is 35.1 Å². The number of unbranched alkanes of at least 4 members (excludes halogenated alkanes) is 3. The Labute approximate surface area is 193 Å². The Hall–Kier alpha value is -3.01. The van der Waals surface area contributed by atoms with Gasteiger partial charge in [0.25, 0.3) is 0 Å². The summed E-state index contributed by atoms with van der Waals surface area (Å²) in [5.74, 6) is 1.28. The first-order valence-electron chi connectivity index (χ1n) is 12.0. The third-order valence-electron chi connectivity index (χ3n) is 5.81. The van der Waals surface area contributed by atoms with Crippen LogP contribution < -0.4 is 16.0 Å². The molecule has 0 spiro atoms. The van der Waals surface area contributed by atoms with Crippen LogP contribution >= 0.6 is 0 Å². The van der Waals surface area contributed by atoms with Crippen LogP contribution in [-0.4, -0.2) is 12.4 Å². The minimum absolute atomic E-state index is 0.0944. The first kappa shape index (κ1) is 23.6. The highest BCUT2D eigenvalue weighted by atomic mass is 15.2. The Bertz CT molecular complexity index is 939. The van der Waals surface area contributed by atoms with Gasteiger partial charge < -0.3 is 16.0 Å². The minimum atomic E-state index is -0.0944. The second-order valence-corrected chi connectivity index (χ2v) is 8.45. The molecule has 2 unspecified atom stereocenters. The summed E-state index contributed by atoms with van der Waals surface area (Å²) in [4.78, 5) is 4.97. The number of rotatable bonds is 5. The predicted molar refractivity (Wildman–Crippen MR) is 138 cm³/mol. The molecule has 2 heterocycles. The van der Waals surface area contributed by atoms with E-state index < -0.39 is 0 Å². The number of nitrogens with zero attached hydrogens (tertiary/aromatic N) is 1. The normalized spacial score (nSPS) is 20.6. The lowest BCUT2D eigenvalue weighted by atomic mass is 10.0. The van der Waals surface area contributed by atoms with Crippen LogP contribution in [0.4, 0.5) is 5.69 Å². The molecule has 2 atom stereocenters. The first-order valence-corrected chi connectivity index (χ1v) is 12.0. The van der Waals surface area contributed by atoms with Gasteiger partial charge in [-0.3, -0.25) is 0 Å². The molecule has 3 N–H and O–H groups in total. The quantitative estimate of drug-likeness (QED) is 0.363. The maximum Gasteiger partial charge on any atom is 0.147 e. The number of hydrogen-bond acceptors (Lipinski definition) is 4. The van der Waals surface area contributed by atoms with Crippen molar-refractivity contribution < 1.29 is 0 Å². The Kier molecular flexibility index (Phi) is 8.97. The van der Waals surface area contributed by atoms with E-state index in [1.54, 1.807) is 0 Å². The third kappa shape index (κ3) is 6.25. The Morgan fingerprint density at radius 3 is 2.38 bits per heavy atom. The molecule has 4 rings (SSSR count). The van der Waals surface area contributed by atoms with E-state index in [0.29, 0.717) is 5.92 Å². The SMILES string of the molecule is C/C(NC1=NC(c2ccccc2)Nc2ccccc21)=C1/NCC=CC1C.CCCCCC. The number of anilines is 1. The van der Waals surface area contributed by atoms with Gasteiger partial charge in [-0.1, -0.05) is 101 Å². The van der Waals surface area contributed by atoms with Gasteiger partial charge in [-0.05, 0) is 24.6 Å². The van der Waals surface area contributed by atoms with Crippen molar-refractivity contribution in [1.82, 2.24) is 10.6 Å². The number of allylic oxidation sites excluding steroid dienone is 2. The fourth-order valence-electron chi connectivity index (χ4n) is 4.00. The number of hydrogen-bond donors (Lipinski definition) is 3. The Morgan fingerprint density at radius 2 is 1.69 bits per heavy atom. The van der Waals surface area contributed by atoms with Gasteiger partial charge in [0.2, 0.25) is 0 Å². The fourth-order valence-corrected chi connectivity index (χ4v) is 4.00. The maximum atomic E-state index is 4.97. The third-order valence-corrected chi connectivity index (χ3v) is 5.81. The summed E-state index contributed by atoms with van der Waals surface area (Å²) in [7, 11) is 0. The zero-order valence-electron chi connectivity index (χ0n) is 20.0. The molecule has 0 radical (unpaired) electrons. The van der Waals surface area contributed by atoms with E-state index in [9.17, 15) is 0 Å². The lowest BCUT2D eigenvalue weighted by Crippen LogP contribution is -2.33. The second kappa shape index (κ2) is 12.1. The fraction of sp³-hybridized carbons (Fsp3) is 0.393. The summed E-state index contributed by atoms with van der Waals surface area (Å²) in [6.45, 7) is 9.65.